The number of nitrogens with one attached hydrogen (secondary N) is 2. The molecule has 8 nitrogen and oxygen atoms in total. The third-order valence-corrected chi connectivity index (χ3v) is 6.70. The molecular formula is C25H27ClN4O4S. The quantitative estimate of drug-likeness (QED) is 0.519. The monoisotopic (exact) mass is 514 g/mol. The number of ether oxygens (including phenoxy) is 1. The SMILES string of the molecule is O=C(CC1C(=O)N(C2CCCCC2)C(=S)N1NC(=O)COc1ccccc1)Nc1ccc(Cl)cc1. The van der Waals surface area contributed by atoms with E-state index < -0.39 is 11.9 Å². The largest absolute Gasteiger partial charge is 0.484 e. The van der Waals surface area contributed by atoms with Crippen LogP contribution in [0.5, 0.6) is 5.75 Å². The topological polar surface area (TPSA) is 91.0 Å². The van der Waals surface area contributed by atoms with Crippen molar-refractivity contribution in [2.24, 2.45) is 0 Å². The van der Waals surface area contributed by atoms with Crippen LogP contribution in [0.2, 0.25) is 5.02 Å². The lowest BCUT2D eigenvalue weighted by atomic mass is 9.94. The van der Waals surface area contributed by atoms with Gasteiger partial charge in [-0.25, -0.2) is 5.01 Å². The highest BCUT2D eigenvalue weighted by Crippen LogP contribution is 2.29. The van der Waals surface area contributed by atoms with Crippen molar-refractivity contribution >= 4 is 52.3 Å². The second kappa shape index (κ2) is 11.5. The molecule has 1 heterocycles. The summed E-state index contributed by atoms with van der Waals surface area (Å²) in [4.78, 5) is 40.5. The van der Waals surface area contributed by atoms with E-state index in [0.29, 0.717) is 16.5 Å². The molecular weight excluding hydrogens is 488 g/mol. The van der Waals surface area contributed by atoms with E-state index in [1.165, 1.54) is 5.01 Å². The number of amides is 3. The summed E-state index contributed by atoms with van der Waals surface area (Å²) < 4.78 is 5.52. The van der Waals surface area contributed by atoms with Crippen LogP contribution < -0.4 is 15.5 Å². The molecule has 2 fully saturated rings. The van der Waals surface area contributed by atoms with Gasteiger partial charge in [0, 0.05) is 16.8 Å². The highest BCUT2D eigenvalue weighted by Gasteiger charge is 2.47. The molecule has 10 heteroatoms. The van der Waals surface area contributed by atoms with Crippen molar-refractivity contribution in [3.63, 3.8) is 0 Å². The van der Waals surface area contributed by atoms with Gasteiger partial charge in [0.2, 0.25) is 5.91 Å². The number of hydrogen-bond acceptors (Lipinski definition) is 5. The minimum Gasteiger partial charge on any atom is -0.484 e. The number of thiocarbonyl (C=S) groups is 1. The first kappa shape index (κ1) is 24.9. The smallest absolute Gasteiger partial charge is 0.276 e. The van der Waals surface area contributed by atoms with Crippen molar-refractivity contribution in [1.82, 2.24) is 15.3 Å². The summed E-state index contributed by atoms with van der Waals surface area (Å²) in [6, 6.07) is 14.6. The number of carbonyl (C=O) groups is 3. The molecule has 1 saturated carbocycles. The van der Waals surface area contributed by atoms with E-state index in [1.807, 2.05) is 6.07 Å². The summed E-state index contributed by atoms with van der Waals surface area (Å²) in [5.41, 5.74) is 3.25. The van der Waals surface area contributed by atoms with Crippen molar-refractivity contribution in [2.45, 2.75) is 50.6 Å². The first-order valence-electron chi connectivity index (χ1n) is 11.6. The molecule has 2 aliphatic rings. The van der Waals surface area contributed by atoms with E-state index in [0.717, 1.165) is 32.1 Å². The Labute approximate surface area is 214 Å². The number of carbonyl (C=O) groups excluding carboxylic acids is 3. The van der Waals surface area contributed by atoms with Crippen molar-refractivity contribution in [3.8, 4) is 5.75 Å². The molecule has 1 atom stereocenters. The zero-order chi connectivity index (χ0) is 24.8. The summed E-state index contributed by atoms with van der Waals surface area (Å²) in [5, 5.41) is 4.87. The van der Waals surface area contributed by atoms with Crippen LogP contribution in [0.15, 0.2) is 54.6 Å². The molecule has 184 valence electrons. The van der Waals surface area contributed by atoms with Crippen molar-refractivity contribution in [3.05, 3.63) is 59.6 Å². The molecule has 4 rings (SSSR count). The zero-order valence-corrected chi connectivity index (χ0v) is 20.7. The van der Waals surface area contributed by atoms with Gasteiger partial charge in [-0.05, 0) is 61.5 Å². The van der Waals surface area contributed by atoms with Gasteiger partial charge in [0.05, 0.1) is 6.42 Å². The third-order valence-electron chi connectivity index (χ3n) is 6.05. The van der Waals surface area contributed by atoms with Gasteiger partial charge >= 0.3 is 0 Å². The Balaban J connectivity index is 1.46. The summed E-state index contributed by atoms with van der Waals surface area (Å²) in [5.74, 6) is -0.584. The molecule has 2 aromatic rings. The first-order valence-corrected chi connectivity index (χ1v) is 12.4. The molecule has 1 unspecified atom stereocenters. The summed E-state index contributed by atoms with van der Waals surface area (Å²) in [6.07, 6.45) is 4.65. The normalized spacial score (nSPS) is 18.5. The predicted octanol–water partition coefficient (Wildman–Crippen LogP) is 3.91. The number of halogens is 1. The Morgan fingerprint density at radius 3 is 2.37 bits per heavy atom. The highest BCUT2D eigenvalue weighted by atomic mass is 35.5. The molecule has 1 aliphatic heterocycles. The summed E-state index contributed by atoms with van der Waals surface area (Å²) >= 11 is 11.5. The molecule has 0 bridgehead atoms. The average molecular weight is 515 g/mol. The van der Waals surface area contributed by atoms with Crippen molar-refractivity contribution < 1.29 is 19.1 Å². The van der Waals surface area contributed by atoms with Gasteiger partial charge < -0.3 is 10.1 Å². The van der Waals surface area contributed by atoms with E-state index in [2.05, 4.69) is 10.7 Å². The Kier molecular flexibility index (Phi) is 8.20. The van der Waals surface area contributed by atoms with Crippen LogP contribution in [0.4, 0.5) is 5.69 Å². The lowest BCUT2D eigenvalue weighted by molar-refractivity contribution is -0.134. The van der Waals surface area contributed by atoms with Crippen LogP contribution in [0.3, 0.4) is 0 Å². The number of rotatable bonds is 8. The second-order valence-corrected chi connectivity index (χ2v) is 9.37. The Morgan fingerprint density at radius 2 is 1.69 bits per heavy atom. The number of anilines is 1. The second-order valence-electron chi connectivity index (χ2n) is 8.56. The average Bonchev–Trinajstić information content (AvgIpc) is 3.09. The molecule has 0 spiro atoms. The van der Waals surface area contributed by atoms with E-state index >= 15 is 0 Å². The minimum atomic E-state index is -0.947. The third kappa shape index (κ3) is 6.29. The van der Waals surface area contributed by atoms with Gasteiger partial charge in [0.1, 0.15) is 11.8 Å². The van der Waals surface area contributed by atoms with Crippen LogP contribution in [0, 0.1) is 0 Å². The Morgan fingerprint density at radius 1 is 1.00 bits per heavy atom. The number of hydrogen-bond donors (Lipinski definition) is 2. The maximum Gasteiger partial charge on any atom is 0.276 e. The van der Waals surface area contributed by atoms with Crippen LogP contribution >= 0.6 is 23.8 Å². The van der Waals surface area contributed by atoms with Crippen molar-refractivity contribution in [1.29, 1.82) is 0 Å². The predicted molar refractivity (Wildman–Crippen MR) is 137 cm³/mol. The van der Waals surface area contributed by atoms with Gasteiger partial charge in [0.25, 0.3) is 11.8 Å². The lowest BCUT2D eigenvalue weighted by Crippen LogP contribution is -2.51. The standard InChI is InChI=1S/C25H27ClN4O4S/c26-17-11-13-18(14-12-17)27-22(31)15-21-24(33)29(19-7-3-1-4-8-19)25(35)30(21)28-23(32)16-34-20-9-5-2-6-10-20/h2,5-6,9-14,19,21H,1,3-4,7-8,15-16H2,(H,27,31)(H,28,32). The van der Waals surface area contributed by atoms with Crippen LogP contribution in [-0.2, 0) is 14.4 Å². The summed E-state index contributed by atoms with van der Waals surface area (Å²) in [6.45, 7) is -0.259. The van der Waals surface area contributed by atoms with Crippen LogP contribution in [0.1, 0.15) is 38.5 Å². The van der Waals surface area contributed by atoms with E-state index in [1.54, 1.807) is 53.4 Å². The number of benzene rings is 2. The first-order chi connectivity index (χ1) is 16.9. The molecule has 3 amide bonds. The van der Waals surface area contributed by atoms with Gasteiger partial charge in [-0.3, -0.25) is 24.7 Å². The molecule has 2 N–H and O–H groups in total. The Bertz CT molecular complexity index is 1080. The summed E-state index contributed by atoms with van der Waals surface area (Å²) in [7, 11) is 0. The van der Waals surface area contributed by atoms with E-state index in [-0.39, 0.29) is 36.0 Å². The molecule has 0 radical (unpaired) electrons. The number of hydrazine groups is 1. The van der Waals surface area contributed by atoms with Crippen LogP contribution in [-0.4, -0.2) is 51.4 Å². The molecule has 1 saturated heterocycles. The molecule has 35 heavy (non-hydrogen) atoms. The lowest BCUT2D eigenvalue weighted by Gasteiger charge is -2.31. The van der Waals surface area contributed by atoms with E-state index in [9.17, 15) is 14.4 Å². The fraction of sp³-hybridized carbons (Fsp3) is 0.360. The zero-order valence-electron chi connectivity index (χ0n) is 19.1. The van der Waals surface area contributed by atoms with Gasteiger partial charge in [-0.15, -0.1) is 0 Å². The Hall–Kier alpha value is -3.17. The fourth-order valence-electron chi connectivity index (χ4n) is 4.35. The molecule has 1 aliphatic carbocycles. The highest BCUT2D eigenvalue weighted by molar-refractivity contribution is 7.80. The van der Waals surface area contributed by atoms with E-state index in [4.69, 9.17) is 28.6 Å². The fourth-order valence-corrected chi connectivity index (χ4v) is 4.89. The van der Waals surface area contributed by atoms with Crippen LogP contribution in [0.25, 0.3) is 0 Å². The van der Waals surface area contributed by atoms with Gasteiger partial charge in [-0.1, -0.05) is 49.1 Å². The maximum absolute atomic E-state index is 13.4. The molecule has 0 aromatic heterocycles. The molecule has 2 aromatic carbocycles. The maximum atomic E-state index is 13.4. The number of para-hydroxylation sites is 1. The van der Waals surface area contributed by atoms with Gasteiger partial charge in [0.15, 0.2) is 11.7 Å². The minimum absolute atomic E-state index is 0.0342. The number of nitrogens with zero attached hydrogens (tertiary/aromatic N) is 2. The van der Waals surface area contributed by atoms with Crippen molar-refractivity contribution in [2.75, 3.05) is 11.9 Å². The van der Waals surface area contributed by atoms with Gasteiger partial charge in [-0.2, -0.15) is 0 Å².